The van der Waals surface area contributed by atoms with Crippen LogP contribution in [0.3, 0.4) is 0 Å². The van der Waals surface area contributed by atoms with Crippen molar-refractivity contribution < 1.29 is 9.53 Å². The van der Waals surface area contributed by atoms with Crippen LogP contribution in [-0.2, 0) is 11.3 Å². The largest absolute Gasteiger partial charge is 0.444 e. The van der Waals surface area contributed by atoms with Crippen LogP contribution in [0.2, 0.25) is 0 Å². The Hall–Kier alpha value is -2.51. The molecule has 1 aliphatic rings. The van der Waals surface area contributed by atoms with Gasteiger partial charge in [0.2, 0.25) is 0 Å². The number of carbonyl (C=O) groups excluding carboxylic acids is 1. The highest BCUT2D eigenvalue weighted by Gasteiger charge is 2.15. The monoisotopic (exact) mass is 390 g/mol. The van der Waals surface area contributed by atoms with Crippen LogP contribution in [0, 0.1) is 0 Å². The van der Waals surface area contributed by atoms with E-state index < -0.39 is 11.7 Å². The molecule has 8 heteroatoms. The van der Waals surface area contributed by atoms with Gasteiger partial charge >= 0.3 is 6.09 Å². The van der Waals surface area contributed by atoms with E-state index in [-0.39, 0.29) is 0 Å². The van der Waals surface area contributed by atoms with E-state index in [0.717, 1.165) is 31.0 Å². The predicted molar refractivity (Wildman–Crippen MR) is 113 cm³/mol. The van der Waals surface area contributed by atoms with Gasteiger partial charge in [-0.15, -0.1) is 0 Å². The minimum atomic E-state index is -0.494. The Morgan fingerprint density at radius 1 is 1.21 bits per heavy atom. The molecule has 0 atom stereocenters. The maximum atomic E-state index is 11.7. The first-order chi connectivity index (χ1) is 13.4. The molecule has 2 heterocycles. The maximum absolute atomic E-state index is 11.7. The van der Waals surface area contributed by atoms with Gasteiger partial charge in [0.05, 0.1) is 6.54 Å². The summed E-state index contributed by atoms with van der Waals surface area (Å²) in [6.45, 7) is 12.0. The van der Waals surface area contributed by atoms with Crippen molar-refractivity contribution in [3.63, 3.8) is 0 Å². The number of aliphatic imine (C=N–C) groups is 1. The van der Waals surface area contributed by atoms with Gasteiger partial charge in [-0.2, -0.15) is 0 Å². The van der Waals surface area contributed by atoms with E-state index in [0.29, 0.717) is 25.6 Å². The molecule has 28 heavy (non-hydrogen) atoms. The van der Waals surface area contributed by atoms with E-state index in [2.05, 4.69) is 36.9 Å². The van der Waals surface area contributed by atoms with Gasteiger partial charge in [0, 0.05) is 38.9 Å². The smallest absolute Gasteiger partial charge is 0.407 e. The molecule has 1 saturated heterocycles. The normalized spacial score (nSPS) is 14.7. The Balaban J connectivity index is 1.81. The molecule has 0 saturated carbocycles. The number of guanidine groups is 1. The number of hydrogen-bond acceptors (Lipinski definition) is 5. The maximum Gasteiger partial charge on any atom is 0.407 e. The Morgan fingerprint density at radius 2 is 1.93 bits per heavy atom. The van der Waals surface area contributed by atoms with Gasteiger partial charge in [0.15, 0.2) is 5.96 Å². The van der Waals surface area contributed by atoms with Crippen LogP contribution in [0.4, 0.5) is 10.6 Å². The van der Waals surface area contributed by atoms with Crippen molar-refractivity contribution >= 4 is 17.9 Å². The van der Waals surface area contributed by atoms with E-state index in [1.54, 1.807) is 0 Å². The van der Waals surface area contributed by atoms with Crippen molar-refractivity contribution in [2.45, 2.75) is 52.7 Å². The predicted octanol–water partition coefficient (Wildman–Crippen LogP) is 2.26. The SMILES string of the molecule is CCNC(=NCc1ccnc(N2CCCC2)c1)NCCNC(=O)OC(C)(C)C. The number of aromatic nitrogens is 1. The van der Waals surface area contributed by atoms with Crippen LogP contribution >= 0.6 is 0 Å². The van der Waals surface area contributed by atoms with Crippen molar-refractivity contribution in [1.29, 1.82) is 0 Å². The highest BCUT2D eigenvalue weighted by atomic mass is 16.6. The summed E-state index contributed by atoms with van der Waals surface area (Å²) in [6.07, 6.45) is 3.90. The lowest BCUT2D eigenvalue weighted by Gasteiger charge is -2.20. The Labute approximate surface area is 168 Å². The summed E-state index contributed by atoms with van der Waals surface area (Å²) < 4.78 is 5.22. The van der Waals surface area contributed by atoms with Crippen molar-refractivity contribution in [3.05, 3.63) is 23.9 Å². The third-order valence-electron chi connectivity index (χ3n) is 4.09. The number of rotatable bonds is 7. The van der Waals surface area contributed by atoms with Crippen LogP contribution in [0.25, 0.3) is 0 Å². The lowest BCUT2D eigenvalue weighted by atomic mass is 10.2. The van der Waals surface area contributed by atoms with Gasteiger partial charge in [0.1, 0.15) is 11.4 Å². The highest BCUT2D eigenvalue weighted by molar-refractivity contribution is 5.79. The molecule has 0 aromatic carbocycles. The zero-order chi connectivity index (χ0) is 20.4. The third-order valence-corrected chi connectivity index (χ3v) is 4.09. The minimum Gasteiger partial charge on any atom is -0.444 e. The van der Waals surface area contributed by atoms with E-state index in [9.17, 15) is 4.79 Å². The molecule has 0 bridgehead atoms. The fraction of sp³-hybridized carbons (Fsp3) is 0.650. The number of pyridine rings is 1. The standard InChI is InChI=1S/C20H34N6O2/c1-5-21-18(23-10-11-24-19(27)28-20(2,3)4)25-15-16-8-9-22-17(14-16)26-12-6-7-13-26/h8-9,14H,5-7,10-13,15H2,1-4H3,(H,24,27)(H2,21,23,25). The summed E-state index contributed by atoms with van der Waals surface area (Å²) in [5.41, 5.74) is 0.632. The molecule has 1 aliphatic heterocycles. The van der Waals surface area contributed by atoms with Crippen molar-refractivity contribution in [1.82, 2.24) is 20.9 Å². The Bertz CT molecular complexity index is 650. The van der Waals surface area contributed by atoms with Gasteiger partial charge in [-0.05, 0) is 58.2 Å². The summed E-state index contributed by atoms with van der Waals surface area (Å²) in [5, 5.41) is 9.17. The fourth-order valence-corrected chi connectivity index (χ4v) is 2.85. The molecule has 0 radical (unpaired) electrons. The molecular formula is C20H34N6O2. The van der Waals surface area contributed by atoms with Gasteiger partial charge < -0.3 is 25.6 Å². The first-order valence-corrected chi connectivity index (χ1v) is 10.1. The van der Waals surface area contributed by atoms with Crippen LogP contribution in [0.5, 0.6) is 0 Å². The topological polar surface area (TPSA) is 90.9 Å². The van der Waals surface area contributed by atoms with Crippen molar-refractivity contribution in [2.75, 3.05) is 37.6 Å². The van der Waals surface area contributed by atoms with Gasteiger partial charge in [-0.25, -0.2) is 14.8 Å². The molecule has 8 nitrogen and oxygen atoms in total. The second kappa shape index (κ2) is 10.7. The molecule has 0 spiro atoms. The number of nitrogens with zero attached hydrogens (tertiary/aromatic N) is 3. The van der Waals surface area contributed by atoms with Gasteiger partial charge in [-0.3, -0.25) is 0 Å². The molecule has 156 valence electrons. The number of alkyl carbamates (subject to hydrolysis) is 1. The molecule has 0 aliphatic carbocycles. The molecule has 1 fully saturated rings. The van der Waals surface area contributed by atoms with E-state index in [1.165, 1.54) is 12.8 Å². The average molecular weight is 391 g/mol. The molecular weight excluding hydrogens is 356 g/mol. The Morgan fingerprint density at radius 3 is 2.61 bits per heavy atom. The molecule has 1 aromatic rings. The number of hydrogen-bond donors (Lipinski definition) is 3. The van der Waals surface area contributed by atoms with Crippen molar-refractivity contribution in [3.8, 4) is 0 Å². The van der Waals surface area contributed by atoms with Crippen LogP contribution in [0.15, 0.2) is 23.3 Å². The number of anilines is 1. The lowest BCUT2D eigenvalue weighted by Crippen LogP contribution is -2.42. The number of amides is 1. The summed E-state index contributed by atoms with van der Waals surface area (Å²) in [7, 11) is 0. The van der Waals surface area contributed by atoms with Crippen molar-refractivity contribution in [2.24, 2.45) is 4.99 Å². The summed E-state index contributed by atoms with van der Waals surface area (Å²) in [6, 6.07) is 4.11. The van der Waals surface area contributed by atoms with Crippen LogP contribution in [-0.4, -0.2) is 55.4 Å². The highest BCUT2D eigenvalue weighted by Crippen LogP contribution is 2.18. The quantitative estimate of drug-likeness (QED) is 0.376. The summed E-state index contributed by atoms with van der Waals surface area (Å²) in [5.74, 6) is 1.75. The van der Waals surface area contributed by atoms with E-state index in [4.69, 9.17) is 4.74 Å². The first-order valence-electron chi connectivity index (χ1n) is 10.1. The zero-order valence-electron chi connectivity index (χ0n) is 17.5. The summed E-state index contributed by atoms with van der Waals surface area (Å²) >= 11 is 0. The van der Waals surface area contributed by atoms with Crippen LogP contribution < -0.4 is 20.9 Å². The fourth-order valence-electron chi connectivity index (χ4n) is 2.85. The molecule has 3 N–H and O–H groups in total. The molecule has 1 amide bonds. The van der Waals surface area contributed by atoms with E-state index in [1.807, 2.05) is 40.0 Å². The van der Waals surface area contributed by atoms with Gasteiger partial charge in [-0.1, -0.05) is 0 Å². The summed E-state index contributed by atoms with van der Waals surface area (Å²) in [4.78, 5) is 23.1. The van der Waals surface area contributed by atoms with Crippen LogP contribution in [0.1, 0.15) is 46.1 Å². The lowest BCUT2D eigenvalue weighted by molar-refractivity contribution is 0.0529. The molecule has 1 aromatic heterocycles. The van der Waals surface area contributed by atoms with E-state index >= 15 is 0 Å². The number of nitrogens with one attached hydrogen (secondary N) is 3. The molecule has 0 unspecified atom stereocenters. The molecule has 2 rings (SSSR count). The zero-order valence-corrected chi connectivity index (χ0v) is 17.5. The number of carbonyl (C=O) groups is 1. The Kier molecular flexibility index (Phi) is 8.35. The van der Waals surface area contributed by atoms with Gasteiger partial charge in [0.25, 0.3) is 0 Å². The second-order valence-electron chi connectivity index (χ2n) is 7.77. The number of ether oxygens (including phenoxy) is 1. The minimum absolute atomic E-state index is 0.414. The second-order valence-corrected chi connectivity index (χ2v) is 7.77. The first kappa shape index (κ1) is 21.8. The average Bonchev–Trinajstić information content (AvgIpc) is 3.16. The third kappa shape index (κ3) is 8.02.